The largest absolute Gasteiger partial charge is 0.384 e. The number of carbonyl (C=O) groups excluding carboxylic acids is 2. The second-order valence-electron chi connectivity index (χ2n) is 7.94. The van der Waals surface area contributed by atoms with Crippen LogP contribution >= 0.6 is 11.3 Å². The van der Waals surface area contributed by atoms with E-state index in [-0.39, 0.29) is 28.8 Å². The van der Waals surface area contributed by atoms with E-state index in [1.54, 1.807) is 78.2 Å². The lowest BCUT2D eigenvalue weighted by Gasteiger charge is -2.09. The van der Waals surface area contributed by atoms with Crippen molar-refractivity contribution < 1.29 is 18.0 Å². The Kier molecular flexibility index (Phi) is 7.11. The van der Waals surface area contributed by atoms with Crippen molar-refractivity contribution in [2.45, 2.75) is 11.3 Å². The van der Waals surface area contributed by atoms with Gasteiger partial charge in [0.25, 0.3) is 5.91 Å². The van der Waals surface area contributed by atoms with Crippen LogP contribution in [0.25, 0.3) is 11.1 Å². The number of nitrogen functional groups attached to an aromatic ring is 1. The maximum Gasteiger partial charge on any atom is 0.266 e. The number of sulfonamides is 1. The number of amides is 1. The maximum atomic E-state index is 13.0. The van der Waals surface area contributed by atoms with Crippen molar-refractivity contribution in [3.8, 4) is 11.1 Å². The molecule has 4 aromatic rings. The summed E-state index contributed by atoms with van der Waals surface area (Å²) in [4.78, 5) is 26.2. The number of hydrogen-bond donors (Lipinski definition) is 4. The molecule has 0 atom stereocenters. The Balaban J connectivity index is 1.50. The number of thiophene rings is 1. The summed E-state index contributed by atoms with van der Waals surface area (Å²) in [5.74, 6) is -0.650. The lowest BCUT2D eigenvalue weighted by Crippen LogP contribution is -2.15. The van der Waals surface area contributed by atoms with Gasteiger partial charge in [0.05, 0.1) is 9.77 Å². The summed E-state index contributed by atoms with van der Waals surface area (Å²) in [5.41, 5.74) is 8.58. The Hall–Kier alpha value is -4.12. The van der Waals surface area contributed by atoms with Gasteiger partial charge in [-0.15, -0.1) is 11.3 Å². The molecule has 0 radical (unpaired) electrons. The zero-order valence-corrected chi connectivity index (χ0v) is 20.5. The zero-order chi connectivity index (χ0) is 25.9. The van der Waals surface area contributed by atoms with E-state index in [4.69, 9.17) is 16.3 Å². The number of anilines is 1. The Morgan fingerprint density at radius 3 is 2.33 bits per heavy atom. The van der Waals surface area contributed by atoms with Gasteiger partial charge in [0.15, 0.2) is 5.78 Å². The molecule has 0 saturated carbocycles. The average Bonchev–Trinajstić information content (AvgIpc) is 3.32. The molecule has 0 aliphatic rings. The second-order valence-corrected chi connectivity index (χ2v) is 10.4. The number of rotatable bonds is 8. The first-order valence-electron chi connectivity index (χ1n) is 10.7. The first-order chi connectivity index (χ1) is 17.1. The number of amidine groups is 1. The van der Waals surface area contributed by atoms with Crippen LogP contribution < -0.4 is 16.2 Å². The van der Waals surface area contributed by atoms with Gasteiger partial charge in [-0.2, -0.15) is 0 Å². The van der Waals surface area contributed by atoms with E-state index < -0.39 is 10.0 Å². The molecule has 8 nitrogen and oxygen atoms in total. The van der Waals surface area contributed by atoms with Crippen molar-refractivity contribution in [3.05, 3.63) is 106 Å². The number of primary sulfonamides is 1. The molecule has 1 heterocycles. The normalized spacial score (nSPS) is 11.1. The van der Waals surface area contributed by atoms with Crippen LogP contribution in [0.4, 0.5) is 5.69 Å². The molecule has 0 fully saturated rings. The number of ketones is 1. The lowest BCUT2D eigenvalue weighted by atomic mass is 9.99. The van der Waals surface area contributed by atoms with Crippen LogP contribution in [0.5, 0.6) is 0 Å². The van der Waals surface area contributed by atoms with Crippen molar-refractivity contribution in [2.75, 3.05) is 5.32 Å². The number of nitrogens with two attached hydrogens (primary N) is 2. The van der Waals surface area contributed by atoms with Gasteiger partial charge in [-0.1, -0.05) is 54.6 Å². The van der Waals surface area contributed by atoms with Crippen LogP contribution in [0.3, 0.4) is 0 Å². The third kappa shape index (κ3) is 5.57. The molecular weight excluding hydrogens is 496 g/mol. The Morgan fingerprint density at radius 1 is 0.917 bits per heavy atom. The third-order valence-corrected chi connectivity index (χ3v) is 7.37. The Labute approximate surface area is 212 Å². The molecule has 182 valence electrons. The van der Waals surface area contributed by atoms with E-state index in [0.717, 1.165) is 0 Å². The fraction of sp³-hybridized carbons (Fsp3) is 0.0385. The highest BCUT2D eigenvalue weighted by molar-refractivity contribution is 7.89. The van der Waals surface area contributed by atoms with Crippen LogP contribution in [-0.4, -0.2) is 25.9 Å². The Morgan fingerprint density at radius 2 is 1.64 bits per heavy atom. The SMILES string of the molecule is N=C(N)c1cccc(NC(=O)c2sccc2CC(=O)c2ccc(-c3ccccc3S(N)(=O)=O)cc2)c1. The summed E-state index contributed by atoms with van der Waals surface area (Å²) in [6.07, 6.45) is 0.0207. The van der Waals surface area contributed by atoms with E-state index in [1.165, 1.54) is 17.4 Å². The van der Waals surface area contributed by atoms with E-state index in [9.17, 15) is 18.0 Å². The second kappa shape index (κ2) is 10.2. The summed E-state index contributed by atoms with van der Waals surface area (Å²) in [6, 6.07) is 21.4. The third-order valence-electron chi connectivity index (χ3n) is 5.45. The maximum absolute atomic E-state index is 13.0. The smallest absolute Gasteiger partial charge is 0.266 e. The monoisotopic (exact) mass is 518 g/mol. The quantitative estimate of drug-likeness (QED) is 0.157. The van der Waals surface area contributed by atoms with Crippen molar-refractivity contribution >= 4 is 44.6 Å². The number of carbonyl (C=O) groups is 2. The van der Waals surface area contributed by atoms with E-state index in [0.29, 0.717) is 38.4 Å². The molecule has 4 rings (SSSR count). The minimum Gasteiger partial charge on any atom is -0.384 e. The predicted molar refractivity (Wildman–Crippen MR) is 141 cm³/mol. The fourth-order valence-corrected chi connectivity index (χ4v) is 5.27. The number of Topliss-reactive ketones (excluding diaryl/α,β-unsaturated/α-hetero) is 1. The van der Waals surface area contributed by atoms with Crippen LogP contribution in [0.1, 0.15) is 31.2 Å². The standard InChI is InChI=1S/C26H22N4O4S2/c27-25(28)19-4-3-5-20(14-19)30-26(32)24-18(12-13-35-24)15-22(31)17-10-8-16(9-11-17)21-6-1-2-7-23(21)36(29,33)34/h1-14H,15H2,(H3,27,28)(H,30,32)(H2,29,33,34). The van der Waals surface area contributed by atoms with Gasteiger partial charge in [-0.05, 0) is 40.8 Å². The Bertz CT molecular complexity index is 1580. The van der Waals surface area contributed by atoms with Gasteiger partial charge in [0, 0.05) is 28.8 Å². The minimum atomic E-state index is -3.91. The molecule has 0 saturated heterocycles. The minimum absolute atomic E-state index is 0.00634. The fourth-order valence-electron chi connectivity index (χ4n) is 3.69. The van der Waals surface area contributed by atoms with Crippen molar-refractivity contribution in [1.29, 1.82) is 5.41 Å². The number of hydrogen-bond acceptors (Lipinski definition) is 6. The van der Waals surface area contributed by atoms with E-state index in [1.807, 2.05) is 0 Å². The molecule has 36 heavy (non-hydrogen) atoms. The lowest BCUT2D eigenvalue weighted by molar-refractivity contribution is 0.0993. The van der Waals surface area contributed by atoms with Crippen LogP contribution in [0, 0.1) is 5.41 Å². The summed E-state index contributed by atoms with van der Waals surface area (Å²) >= 11 is 1.23. The van der Waals surface area contributed by atoms with Gasteiger partial charge < -0.3 is 11.1 Å². The first-order valence-corrected chi connectivity index (χ1v) is 13.1. The average molecular weight is 519 g/mol. The highest BCUT2D eigenvalue weighted by Crippen LogP contribution is 2.27. The van der Waals surface area contributed by atoms with Crippen LogP contribution in [0.2, 0.25) is 0 Å². The first kappa shape index (κ1) is 25.0. The summed E-state index contributed by atoms with van der Waals surface area (Å²) in [6.45, 7) is 0. The molecule has 10 heteroatoms. The molecule has 0 bridgehead atoms. The molecule has 0 aliphatic heterocycles. The van der Waals surface area contributed by atoms with Gasteiger partial charge >= 0.3 is 0 Å². The van der Waals surface area contributed by atoms with Crippen molar-refractivity contribution in [3.63, 3.8) is 0 Å². The van der Waals surface area contributed by atoms with E-state index >= 15 is 0 Å². The van der Waals surface area contributed by atoms with Gasteiger partial charge in [0.1, 0.15) is 5.84 Å². The number of benzene rings is 3. The molecule has 0 unspecified atom stereocenters. The topological polar surface area (TPSA) is 156 Å². The summed E-state index contributed by atoms with van der Waals surface area (Å²) in [7, 11) is -3.91. The molecule has 0 spiro atoms. The van der Waals surface area contributed by atoms with Crippen molar-refractivity contribution in [1.82, 2.24) is 0 Å². The van der Waals surface area contributed by atoms with Gasteiger partial charge in [0.2, 0.25) is 10.0 Å². The van der Waals surface area contributed by atoms with Crippen LogP contribution in [-0.2, 0) is 16.4 Å². The summed E-state index contributed by atoms with van der Waals surface area (Å²) < 4.78 is 23.8. The summed E-state index contributed by atoms with van der Waals surface area (Å²) in [5, 5.41) is 17.4. The molecule has 0 aliphatic carbocycles. The van der Waals surface area contributed by atoms with Crippen molar-refractivity contribution in [2.24, 2.45) is 10.9 Å². The van der Waals surface area contributed by atoms with Crippen LogP contribution in [0.15, 0.2) is 89.1 Å². The molecular formula is C26H22N4O4S2. The highest BCUT2D eigenvalue weighted by Gasteiger charge is 2.18. The number of nitrogens with one attached hydrogen (secondary N) is 2. The van der Waals surface area contributed by atoms with Gasteiger partial charge in [-0.3, -0.25) is 15.0 Å². The molecule has 3 aromatic carbocycles. The predicted octanol–water partition coefficient (Wildman–Crippen LogP) is 4.02. The molecule has 1 aromatic heterocycles. The zero-order valence-electron chi connectivity index (χ0n) is 18.9. The van der Waals surface area contributed by atoms with E-state index in [2.05, 4.69) is 5.32 Å². The molecule has 1 amide bonds. The highest BCUT2D eigenvalue weighted by atomic mass is 32.2. The molecule has 6 N–H and O–H groups in total. The van der Waals surface area contributed by atoms with Gasteiger partial charge in [-0.25, -0.2) is 13.6 Å².